The number of allylic oxidation sites excluding steroid dienone is 1. The lowest BCUT2D eigenvalue weighted by Gasteiger charge is -2.16. The topological polar surface area (TPSA) is 3.24 Å². The average Bonchev–Trinajstić information content (AvgIpc) is 3.12. The minimum atomic E-state index is -1.03. The van der Waals surface area contributed by atoms with Crippen molar-refractivity contribution in [1.82, 2.24) is 4.90 Å². The van der Waals surface area contributed by atoms with Gasteiger partial charge in [0.1, 0.15) is 0 Å². The predicted octanol–water partition coefficient (Wildman–Crippen LogP) is 4.03. The van der Waals surface area contributed by atoms with Crippen molar-refractivity contribution in [2.24, 2.45) is 5.92 Å². The van der Waals surface area contributed by atoms with Gasteiger partial charge >= 0.3 is 0 Å². The van der Waals surface area contributed by atoms with Gasteiger partial charge in [-0.15, -0.1) is 0 Å². The smallest absolute Gasteiger partial charge is 0.178 e. The van der Waals surface area contributed by atoms with Crippen LogP contribution in [0, 0.1) is 5.92 Å². The van der Waals surface area contributed by atoms with Gasteiger partial charge in [-0.25, -0.2) is 4.39 Å². The van der Waals surface area contributed by atoms with E-state index in [-0.39, 0.29) is 0 Å². The Hall–Kier alpha value is -1.15. The Balaban J connectivity index is 2.03. The summed E-state index contributed by atoms with van der Waals surface area (Å²) in [5.41, 5.74) is 3.03. The van der Waals surface area contributed by atoms with Crippen LogP contribution in [-0.2, 0) is 0 Å². The number of halogens is 1. The number of alkyl halides is 1. The molecule has 1 aromatic rings. The zero-order chi connectivity index (χ0) is 12.4. The Morgan fingerprint density at radius 2 is 1.94 bits per heavy atom. The lowest BCUT2D eigenvalue weighted by Crippen LogP contribution is -2.15. The molecule has 0 bridgehead atoms. The van der Waals surface area contributed by atoms with Gasteiger partial charge in [-0.2, -0.15) is 0 Å². The summed E-state index contributed by atoms with van der Waals surface area (Å²) in [5.74, 6) is 0.845. The van der Waals surface area contributed by atoms with Crippen molar-refractivity contribution >= 4 is 5.57 Å². The van der Waals surface area contributed by atoms with Gasteiger partial charge in [0.15, 0.2) is 6.30 Å². The maximum atomic E-state index is 13.7. The van der Waals surface area contributed by atoms with E-state index >= 15 is 0 Å². The minimum Gasteiger partial charge on any atom is -0.276 e. The second-order valence-corrected chi connectivity index (χ2v) is 5.17. The van der Waals surface area contributed by atoms with Crippen LogP contribution < -0.4 is 0 Å². The summed E-state index contributed by atoms with van der Waals surface area (Å²) < 4.78 is 13.7. The molecule has 1 aliphatic carbocycles. The number of hydrogen-bond acceptors (Lipinski definition) is 1. The van der Waals surface area contributed by atoms with Crippen LogP contribution in [0.15, 0.2) is 30.8 Å². The number of benzene rings is 1. The third-order valence-corrected chi connectivity index (χ3v) is 3.28. The second-order valence-electron chi connectivity index (χ2n) is 5.17. The molecule has 0 saturated heterocycles. The van der Waals surface area contributed by atoms with Crippen molar-refractivity contribution in [3.05, 3.63) is 42.0 Å². The second kappa shape index (κ2) is 5.01. The molecular formula is C15H20FN. The molecule has 2 heteroatoms. The standard InChI is InChI=1S/C15H20FN/c1-11(10-12-4-5-12)13-6-8-14(9-7-13)15(16)17(2)3/h6-9,12,15H,1,4-5,10H2,2-3H3. The number of nitrogens with zero attached hydrogens (tertiary/aromatic N) is 1. The van der Waals surface area contributed by atoms with E-state index in [0.717, 1.165) is 17.9 Å². The Labute approximate surface area is 103 Å². The summed E-state index contributed by atoms with van der Waals surface area (Å²) in [7, 11) is 3.48. The zero-order valence-electron chi connectivity index (χ0n) is 10.6. The maximum absolute atomic E-state index is 13.7. The van der Waals surface area contributed by atoms with Crippen LogP contribution in [0.3, 0.4) is 0 Å². The molecule has 17 heavy (non-hydrogen) atoms. The summed E-state index contributed by atoms with van der Waals surface area (Å²) in [6.07, 6.45) is 2.74. The van der Waals surface area contributed by atoms with E-state index in [1.54, 1.807) is 19.0 Å². The van der Waals surface area contributed by atoms with Gasteiger partial charge in [0.25, 0.3) is 0 Å². The van der Waals surface area contributed by atoms with Crippen molar-refractivity contribution < 1.29 is 4.39 Å². The van der Waals surface area contributed by atoms with E-state index < -0.39 is 6.30 Å². The first kappa shape index (κ1) is 12.3. The summed E-state index contributed by atoms with van der Waals surface area (Å²) in [5, 5.41) is 0. The van der Waals surface area contributed by atoms with Crippen LogP contribution in [0.2, 0.25) is 0 Å². The quantitative estimate of drug-likeness (QED) is 0.694. The van der Waals surface area contributed by atoms with E-state index in [1.165, 1.54) is 18.4 Å². The van der Waals surface area contributed by atoms with Crippen molar-refractivity contribution in [3.63, 3.8) is 0 Å². The molecule has 0 amide bonds. The first-order chi connectivity index (χ1) is 8.08. The van der Waals surface area contributed by atoms with Crippen LogP contribution in [0.1, 0.15) is 36.7 Å². The molecule has 0 radical (unpaired) electrons. The van der Waals surface area contributed by atoms with E-state index in [1.807, 2.05) is 24.3 Å². The Bertz CT molecular complexity index is 390. The van der Waals surface area contributed by atoms with Gasteiger partial charge in [0, 0.05) is 5.56 Å². The molecule has 1 saturated carbocycles. The summed E-state index contributed by atoms with van der Waals surface area (Å²) in [6.45, 7) is 4.11. The Morgan fingerprint density at radius 1 is 1.35 bits per heavy atom. The molecule has 0 heterocycles. The van der Waals surface area contributed by atoms with Gasteiger partial charge in [0.2, 0.25) is 0 Å². The Kier molecular flexibility index (Phi) is 3.63. The molecule has 0 aromatic heterocycles. The summed E-state index contributed by atoms with van der Waals surface area (Å²) in [4.78, 5) is 1.56. The molecule has 92 valence electrons. The van der Waals surface area contributed by atoms with Crippen molar-refractivity contribution in [2.45, 2.75) is 25.6 Å². The molecule has 1 nitrogen and oxygen atoms in total. The van der Waals surface area contributed by atoms with Crippen LogP contribution in [0.4, 0.5) is 4.39 Å². The molecule has 1 aromatic carbocycles. The molecular weight excluding hydrogens is 213 g/mol. The summed E-state index contributed by atoms with van der Waals surface area (Å²) >= 11 is 0. The minimum absolute atomic E-state index is 0.706. The van der Waals surface area contributed by atoms with Crippen molar-refractivity contribution in [1.29, 1.82) is 0 Å². The molecule has 0 aliphatic heterocycles. The third-order valence-electron chi connectivity index (χ3n) is 3.28. The van der Waals surface area contributed by atoms with Gasteiger partial charge in [-0.1, -0.05) is 30.8 Å². The zero-order valence-corrected chi connectivity index (χ0v) is 10.6. The SMILES string of the molecule is C=C(CC1CC1)c1ccc(C(F)N(C)C)cc1. The number of hydrogen-bond donors (Lipinski definition) is 0. The van der Waals surface area contributed by atoms with Crippen LogP contribution in [-0.4, -0.2) is 19.0 Å². The lowest BCUT2D eigenvalue weighted by atomic mass is 10.0. The first-order valence-electron chi connectivity index (χ1n) is 6.16. The molecule has 1 atom stereocenters. The molecule has 2 rings (SSSR count). The fourth-order valence-electron chi connectivity index (χ4n) is 1.96. The molecule has 1 unspecified atom stereocenters. The highest BCUT2D eigenvalue weighted by Gasteiger charge is 2.22. The van der Waals surface area contributed by atoms with Crippen molar-refractivity contribution in [3.8, 4) is 0 Å². The van der Waals surface area contributed by atoms with Gasteiger partial charge in [-0.05, 0) is 50.4 Å². The van der Waals surface area contributed by atoms with E-state index in [2.05, 4.69) is 6.58 Å². The number of rotatable bonds is 5. The average molecular weight is 233 g/mol. The highest BCUT2D eigenvalue weighted by atomic mass is 19.1. The Morgan fingerprint density at radius 3 is 2.41 bits per heavy atom. The fraction of sp³-hybridized carbons (Fsp3) is 0.467. The maximum Gasteiger partial charge on any atom is 0.178 e. The van der Waals surface area contributed by atoms with Gasteiger partial charge in [-0.3, -0.25) is 4.90 Å². The van der Waals surface area contributed by atoms with E-state index in [9.17, 15) is 4.39 Å². The van der Waals surface area contributed by atoms with Crippen molar-refractivity contribution in [2.75, 3.05) is 14.1 Å². The lowest BCUT2D eigenvalue weighted by molar-refractivity contribution is 0.140. The van der Waals surface area contributed by atoms with Crippen LogP contribution >= 0.6 is 0 Å². The highest BCUT2D eigenvalue weighted by molar-refractivity contribution is 5.63. The van der Waals surface area contributed by atoms with Crippen LogP contribution in [0.5, 0.6) is 0 Å². The van der Waals surface area contributed by atoms with Gasteiger partial charge in [0.05, 0.1) is 0 Å². The highest BCUT2D eigenvalue weighted by Crippen LogP contribution is 2.37. The largest absolute Gasteiger partial charge is 0.276 e. The predicted molar refractivity (Wildman–Crippen MR) is 70.4 cm³/mol. The monoisotopic (exact) mass is 233 g/mol. The first-order valence-corrected chi connectivity index (χ1v) is 6.16. The fourth-order valence-corrected chi connectivity index (χ4v) is 1.96. The molecule has 1 fully saturated rings. The molecule has 1 aliphatic rings. The van der Waals surface area contributed by atoms with Gasteiger partial charge < -0.3 is 0 Å². The van der Waals surface area contributed by atoms with Crippen LogP contribution in [0.25, 0.3) is 5.57 Å². The summed E-state index contributed by atoms with van der Waals surface area (Å²) in [6, 6.07) is 7.68. The normalized spacial score (nSPS) is 17.2. The van der Waals surface area contributed by atoms with E-state index in [0.29, 0.717) is 5.56 Å². The third kappa shape index (κ3) is 3.16. The van der Waals surface area contributed by atoms with E-state index in [4.69, 9.17) is 0 Å². The molecule has 0 N–H and O–H groups in total. The molecule has 0 spiro atoms.